The summed E-state index contributed by atoms with van der Waals surface area (Å²) in [6.45, 7) is 3.40. The van der Waals surface area contributed by atoms with E-state index in [9.17, 15) is 4.79 Å². The Morgan fingerprint density at radius 3 is 2.78 bits per heavy atom. The molecule has 1 aromatic carbocycles. The fraction of sp³-hybridized carbons (Fsp3) is 0.455. The average Bonchev–Trinajstić information content (AvgIpc) is 2.72. The minimum atomic E-state index is -0.0425. The predicted molar refractivity (Wildman–Crippen MR) is 110 cm³/mol. The van der Waals surface area contributed by atoms with Crippen LogP contribution in [0.1, 0.15) is 48.5 Å². The van der Waals surface area contributed by atoms with E-state index in [1.54, 1.807) is 18.0 Å². The number of benzene rings is 1. The van der Waals surface area contributed by atoms with Gasteiger partial charge in [0.15, 0.2) is 0 Å². The van der Waals surface area contributed by atoms with Crippen molar-refractivity contribution in [3.8, 4) is 0 Å². The number of amides is 1. The largest absolute Gasteiger partial charge is 0.376 e. The number of nitrogens with zero attached hydrogens (tertiary/aromatic N) is 1. The molecule has 27 heavy (non-hydrogen) atoms. The van der Waals surface area contributed by atoms with Gasteiger partial charge in [0.1, 0.15) is 0 Å². The Morgan fingerprint density at radius 2 is 2.04 bits per heavy atom. The molecule has 0 aliphatic heterocycles. The molecule has 2 aromatic rings. The van der Waals surface area contributed by atoms with Crippen molar-refractivity contribution in [3.63, 3.8) is 0 Å². The first-order valence-electron chi connectivity index (χ1n) is 9.74. The van der Waals surface area contributed by atoms with Gasteiger partial charge in [-0.1, -0.05) is 25.8 Å². The molecule has 1 saturated carbocycles. The Kier molecular flexibility index (Phi) is 7.72. The number of ether oxygens (including phenoxy) is 1. The number of rotatable bonds is 8. The highest BCUT2D eigenvalue weighted by atomic mass is 32.2. The van der Waals surface area contributed by atoms with Crippen molar-refractivity contribution < 1.29 is 9.53 Å². The summed E-state index contributed by atoms with van der Waals surface area (Å²) in [7, 11) is 0. The van der Waals surface area contributed by atoms with E-state index in [1.165, 1.54) is 24.8 Å². The van der Waals surface area contributed by atoms with Crippen LogP contribution in [-0.2, 0) is 10.5 Å². The minimum absolute atomic E-state index is 0.0425. The average molecular weight is 385 g/mol. The second-order valence-corrected chi connectivity index (χ2v) is 8.15. The van der Waals surface area contributed by atoms with Gasteiger partial charge in [-0.3, -0.25) is 9.78 Å². The number of carbonyl (C=O) groups excluding carboxylic acids is 1. The van der Waals surface area contributed by atoms with Crippen molar-refractivity contribution in [2.45, 2.75) is 49.4 Å². The number of carbonyl (C=O) groups is 1. The molecule has 0 bridgehead atoms. The summed E-state index contributed by atoms with van der Waals surface area (Å²) >= 11 is 1.74. The summed E-state index contributed by atoms with van der Waals surface area (Å²) in [5.74, 6) is 1.46. The van der Waals surface area contributed by atoms with Crippen LogP contribution in [0, 0.1) is 5.92 Å². The zero-order valence-corrected chi connectivity index (χ0v) is 16.7. The van der Waals surface area contributed by atoms with Crippen molar-refractivity contribution in [1.29, 1.82) is 0 Å². The van der Waals surface area contributed by atoms with E-state index in [-0.39, 0.29) is 5.91 Å². The Bertz CT molecular complexity index is 706. The van der Waals surface area contributed by atoms with Gasteiger partial charge in [-0.15, -0.1) is 11.8 Å². The molecule has 3 rings (SSSR count). The smallest absolute Gasteiger partial charge is 0.251 e. The molecule has 0 radical (unpaired) electrons. The SMILES string of the molecule is CC1CCCCC1OCCNC(=O)c1ccc(SCc2cccnc2)cc1. The van der Waals surface area contributed by atoms with Crippen LogP contribution < -0.4 is 5.32 Å². The Morgan fingerprint density at radius 1 is 1.22 bits per heavy atom. The molecule has 1 aliphatic rings. The maximum absolute atomic E-state index is 12.3. The van der Waals surface area contributed by atoms with Gasteiger partial charge in [0.25, 0.3) is 5.91 Å². The van der Waals surface area contributed by atoms with Crippen LogP contribution >= 0.6 is 11.8 Å². The molecule has 1 amide bonds. The highest BCUT2D eigenvalue weighted by Crippen LogP contribution is 2.26. The minimum Gasteiger partial charge on any atom is -0.376 e. The lowest BCUT2D eigenvalue weighted by Gasteiger charge is -2.28. The third-order valence-corrected chi connectivity index (χ3v) is 6.08. The van der Waals surface area contributed by atoms with Gasteiger partial charge in [0.2, 0.25) is 0 Å². The lowest BCUT2D eigenvalue weighted by molar-refractivity contribution is -0.00293. The summed E-state index contributed by atoms with van der Waals surface area (Å²) in [5.41, 5.74) is 1.88. The molecule has 1 N–H and O–H groups in total. The molecule has 1 aromatic heterocycles. The monoisotopic (exact) mass is 384 g/mol. The van der Waals surface area contributed by atoms with Crippen molar-refractivity contribution in [3.05, 3.63) is 59.9 Å². The molecule has 4 nitrogen and oxygen atoms in total. The Hall–Kier alpha value is -1.85. The number of nitrogens with one attached hydrogen (secondary N) is 1. The molecule has 2 unspecified atom stereocenters. The maximum atomic E-state index is 12.3. The number of pyridine rings is 1. The van der Waals surface area contributed by atoms with Crippen LogP contribution in [0.25, 0.3) is 0 Å². The zero-order valence-electron chi connectivity index (χ0n) is 15.9. The number of thioether (sulfide) groups is 1. The molecule has 1 heterocycles. The van der Waals surface area contributed by atoms with Crippen molar-refractivity contribution in [2.75, 3.05) is 13.2 Å². The maximum Gasteiger partial charge on any atom is 0.251 e. The first kappa shape index (κ1) is 19.9. The topological polar surface area (TPSA) is 51.2 Å². The molecular formula is C22H28N2O2S. The normalized spacial score (nSPS) is 19.6. The van der Waals surface area contributed by atoms with Crippen LogP contribution in [-0.4, -0.2) is 30.1 Å². The molecule has 2 atom stereocenters. The van der Waals surface area contributed by atoms with Gasteiger partial charge in [0, 0.05) is 35.2 Å². The van der Waals surface area contributed by atoms with Crippen LogP contribution in [0.15, 0.2) is 53.7 Å². The summed E-state index contributed by atoms with van der Waals surface area (Å²) in [5, 5.41) is 2.95. The Balaban J connectivity index is 1.38. The third-order valence-electron chi connectivity index (χ3n) is 5.00. The summed E-state index contributed by atoms with van der Waals surface area (Å²) in [6.07, 6.45) is 8.98. The summed E-state index contributed by atoms with van der Waals surface area (Å²) in [4.78, 5) is 17.5. The van der Waals surface area contributed by atoms with Crippen LogP contribution in [0.5, 0.6) is 0 Å². The molecule has 0 saturated heterocycles. The zero-order chi connectivity index (χ0) is 18.9. The van der Waals surface area contributed by atoms with Crippen molar-refractivity contribution >= 4 is 17.7 Å². The van der Waals surface area contributed by atoms with Gasteiger partial charge in [-0.25, -0.2) is 0 Å². The van der Waals surface area contributed by atoms with Gasteiger partial charge in [0.05, 0.1) is 12.7 Å². The second-order valence-electron chi connectivity index (χ2n) is 7.10. The fourth-order valence-electron chi connectivity index (χ4n) is 3.36. The molecule has 5 heteroatoms. The van der Waals surface area contributed by atoms with E-state index in [0.717, 1.165) is 17.1 Å². The van der Waals surface area contributed by atoms with Crippen LogP contribution in [0.3, 0.4) is 0 Å². The number of hydrogen-bond acceptors (Lipinski definition) is 4. The Labute approximate surface area is 166 Å². The highest BCUT2D eigenvalue weighted by molar-refractivity contribution is 7.98. The molecule has 144 valence electrons. The van der Waals surface area contributed by atoms with Crippen LogP contribution in [0.2, 0.25) is 0 Å². The standard InChI is InChI=1S/C22H28N2O2S/c1-17-5-2-3-7-21(17)26-14-13-24-22(25)19-8-10-20(11-9-19)27-16-18-6-4-12-23-15-18/h4,6,8-12,15,17,21H,2-3,5,7,13-14,16H2,1H3,(H,24,25). The third kappa shape index (κ3) is 6.36. The predicted octanol–water partition coefficient (Wildman–Crippen LogP) is 4.70. The molecular weight excluding hydrogens is 356 g/mol. The van der Waals surface area contributed by atoms with E-state index in [2.05, 4.69) is 23.3 Å². The first-order valence-corrected chi connectivity index (χ1v) is 10.7. The molecule has 1 aliphatic carbocycles. The van der Waals surface area contributed by atoms with E-state index in [0.29, 0.717) is 30.7 Å². The summed E-state index contributed by atoms with van der Waals surface area (Å²) in [6, 6.07) is 11.8. The van der Waals surface area contributed by atoms with Gasteiger partial charge in [-0.05, 0) is 54.7 Å². The van der Waals surface area contributed by atoms with Crippen molar-refractivity contribution in [2.24, 2.45) is 5.92 Å². The summed E-state index contributed by atoms with van der Waals surface area (Å²) < 4.78 is 5.95. The second kappa shape index (κ2) is 10.5. The van der Waals surface area contributed by atoms with E-state index in [4.69, 9.17) is 4.74 Å². The van der Waals surface area contributed by atoms with Crippen molar-refractivity contribution in [1.82, 2.24) is 10.3 Å². The number of hydrogen-bond donors (Lipinski definition) is 1. The number of aromatic nitrogens is 1. The van der Waals surface area contributed by atoms with Gasteiger partial charge >= 0.3 is 0 Å². The fourth-order valence-corrected chi connectivity index (χ4v) is 4.19. The first-order chi connectivity index (χ1) is 13.2. The van der Waals surface area contributed by atoms with E-state index in [1.807, 2.05) is 36.5 Å². The van der Waals surface area contributed by atoms with Gasteiger partial charge in [-0.2, -0.15) is 0 Å². The van der Waals surface area contributed by atoms with Gasteiger partial charge < -0.3 is 10.1 Å². The van der Waals surface area contributed by atoms with Crippen LogP contribution in [0.4, 0.5) is 0 Å². The molecule has 1 fully saturated rings. The van der Waals surface area contributed by atoms with E-state index >= 15 is 0 Å². The van der Waals surface area contributed by atoms with E-state index < -0.39 is 0 Å². The lowest BCUT2D eigenvalue weighted by Crippen LogP contribution is -2.31. The highest BCUT2D eigenvalue weighted by Gasteiger charge is 2.21. The lowest BCUT2D eigenvalue weighted by atomic mass is 9.88. The quantitative estimate of drug-likeness (QED) is 0.529. The molecule has 0 spiro atoms.